The Morgan fingerprint density at radius 2 is 1.71 bits per heavy atom. The van der Waals surface area contributed by atoms with Crippen LogP contribution in [0.2, 0.25) is 0 Å². The van der Waals surface area contributed by atoms with Gasteiger partial charge in [0, 0.05) is 25.2 Å². The summed E-state index contributed by atoms with van der Waals surface area (Å²) in [6, 6.07) is 14.8. The van der Waals surface area contributed by atoms with Crippen molar-refractivity contribution in [3.05, 3.63) is 65.2 Å². The lowest BCUT2D eigenvalue weighted by atomic mass is 10.1. The number of urea groups is 1. The van der Waals surface area contributed by atoms with E-state index in [9.17, 15) is 9.59 Å². The fraction of sp³-hybridized carbons (Fsp3) is 0.417. The van der Waals surface area contributed by atoms with E-state index in [1.807, 2.05) is 62.1 Å². The number of morpholine rings is 1. The van der Waals surface area contributed by atoms with Gasteiger partial charge < -0.3 is 25.0 Å². The van der Waals surface area contributed by atoms with Gasteiger partial charge >= 0.3 is 6.03 Å². The van der Waals surface area contributed by atoms with Crippen molar-refractivity contribution in [2.75, 3.05) is 26.2 Å². The lowest BCUT2D eigenvalue weighted by Gasteiger charge is -2.35. The Balaban J connectivity index is 1.39. The summed E-state index contributed by atoms with van der Waals surface area (Å²) in [6.45, 7) is 8.31. The third-order valence-corrected chi connectivity index (χ3v) is 5.10. The molecule has 3 rings (SSSR count). The minimum Gasteiger partial charge on any atom is -0.491 e. The number of amides is 3. The van der Waals surface area contributed by atoms with Crippen LogP contribution in [0.4, 0.5) is 4.79 Å². The lowest BCUT2D eigenvalue weighted by Crippen LogP contribution is -2.48. The molecule has 1 aliphatic heterocycles. The van der Waals surface area contributed by atoms with Crippen LogP contribution in [0.5, 0.6) is 5.75 Å². The number of nitrogens with zero attached hydrogens (tertiary/aromatic N) is 1. The molecule has 2 aromatic rings. The van der Waals surface area contributed by atoms with Crippen LogP contribution in [-0.4, -0.2) is 55.3 Å². The minimum atomic E-state index is -0.259. The van der Waals surface area contributed by atoms with Gasteiger partial charge in [-0.15, -0.1) is 0 Å². The number of para-hydroxylation sites is 1. The van der Waals surface area contributed by atoms with Crippen LogP contribution in [-0.2, 0) is 11.3 Å². The van der Waals surface area contributed by atoms with Crippen LogP contribution >= 0.6 is 0 Å². The third-order valence-electron chi connectivity index (χ3n) is 5.10. The van der Waals surface area contributed by atoms with Crippen molar-refractivity contribution in [3.63, 3.8) is 0 Å². The number of hydrogen-bond donors (Lipinski definition) is 2. The average molecular weight is 426 g/mol. The van der Waals surface area contributed by atoms with Crippen molar-refractivity contribution in [1.29, 1.82) is 0 Å². The van der Waals surface area contributed by atoms with E-state index in [1.54, 1.807) is 12.1 Å². The zero-order chi connectivity index (χ0) is 22.2. The largest absolute Gasteiger partial charge is 0.491 e. The third kappa shape index (κ3) is 6.72. The second kappa shape index (κ2) is 10.8. The molecule has 0 aliphatic carbocycles. The van der Waals surface area contributed by atoms with Crippen LogP contribution in [0, 0.1) is 6.92 Å². The number of aryl methyl sites for hydroxylation is 1. The highest BCUT2D eigenvalue weighted by Crippen LogP contribution is 2.16. The smallest absolute Gasteiger partial charge is 0.315 e. The monoisotopic (exact) mass is 425 g/mol. The Bertz CT molecular complexity index is 875. The van der Waals surface area contributed by atoms with Gasteiger partial charge in [0.25, 0.3) is 5.91 Å². The molecule has 0 spiro atoms. The van der Waals surface area contributed by atoms with Crippen molar-refractivity contribution in [2.45, 2.75) is 39.5 Å². The minimum absolute atomic E-state index is 0.00732. The number of carbonyl (C=O) groups excluding carboxylic acids is 2. The summed E-state index contributed by atoms with van der Waals surface area (Å²) in [5.41, 5.74) is 2.63. The predicted octanol–water partition coefficient (Wildman–Crippen LogP) is 3.12. The summed E-state index contributed by atoms with van der Waals surface area (Å²) in [4.78, 5) is 26.5. The molecule has 2 unspecified atom stereocenters. The highest BCUT2D eigenvalue weighted by atomic mass is 16.5. The summed E-state index contributed by atoms with van der Waals surface area (Å²) < 4.78 is 11.4. The number of benzene rings is 2. The molecule has 1 fully saturated rings. The Morgan fingerprint density at radius 1 is 1.03 bits per heavy atom. The molecule has 3 amide bonds. The van der Waals surface area contributed by atoms with Crippen LogP contribution in [0.15, 0.2) is 48.5 Å². The zero-order valence-corrected chi connectivity index (χ0v) is 18.4. The molecular weight excluding hydrogens is 394 g/mol. The molecule has 1 saturated heterocycles. The van der Waals surface area contributed by atoms with Crippen LogP contribution < -0.4 is 15.4 Å². The van der Waals surface area contributed by atoms with Gasteiger partial charge in [-0.05, 0) is 50.1 Å². The van der Waals surface area contributed by atoms with Gasteiger partial charge in [0.05, 0.1) is 18.8 Å². The van der Waals surface area contributed by atoms with E-state index in [1.165, 1.54) is 0 Å². The second-order valence-electron chi connectivity index (χ2n) is 7.89. The van der Waals surface area contributed by atoms with Crippen molar-refractivity contribution in [3.8, 4) is 5.75 Å². The first-order chi connectivity index (χ1) is 14.9. The summed E-state index contributed by atoms with van der Waals surface area (Å²) in [5.74, 6) is 0.827. The van der Waals surface area contributed by atoms with Crippen LogP contribution in [0.1, 0.15) is 35.3 Å². The molecule has 31 heavy (non-hydrogen) atoms. The molecule has 0 bridgehead atoms. The molecule has 2 N–H and O–H groups in total. The van der Waals surface area contributed by atoms with E-state index in [-0.39, 0.29) is 24.1 Å². The van der Waals surface area contributed by atoms with Crippen LogP contribution in [0.25, 0.3) is 0 Å². The fourth-order valence-electron chi connectivity index (χ4n) is 3.58. The summed E-state index contributed by atoms with van der Waals surface area (Å²) >= 11 is 0. The molecular formula is C24H31N3O4. The molecule has 0 aromatic heterocycles. The SMILES string of the molecule is Cc1ccccc1OCCNC(=O)NCc1ccc(C(=O)N2CC(C)OC(C)C2)cc1. The molecule has 7 heteroatoms. The van der Waals surface area contributed by atoms with Gasteiger partial charge in [-0.1, -0.05) is 30.3 Å². The predicted molar refractivity (Wildman–Crippen MR) is 119 cm³/mol. The van der Waals surface area contributed by atoms with E-state index < -0.39 is 0 Å². The number of nitrogens with one attached hydrogen (secondary N) is 2. The molecule has 2 aromatic carbocycles. The molecule has 166 valence electrons. The highest BCUT2D eigenvalue weighted by molar-refractivity contribution is 5.94. The van der Waals surface area contributed by atoms with Gasteiger partial charge in [-0.2, -0.15) is 0 Å². The quantitative estimate of drug-likeness (QED) is 0.668. The van der Waals surface area contributed by atoms with Gasteiger partial charge in [0.1, 0.15) is 12.4 Å². The van der Waals surface area contributed by atoms with E-state index in [0.717, 1.165) is 16.9 Å². The molecule has 2 atom stereocenters. The standard InChI is InChI=1S/C24H31N3O4/c1-17-6-4-5-7-22(17)30-13-12-25-24(29)26-14-20-8-10-21(11-9-20)23(28)27-15-18(2)31-19(3)16-27/h4-11,18-19H,12-16H2,1-3H3,(H2,25,26,29). The van der Waals surface area contributed by atoms with Crippen LogP contribution in [0.3, 0.4) is 0 Å². The Kier molecular flexibility index (Phi) is 7.89. The van der Waals surface area contributed by atoms with Crippen molar-refractivity contribution < 1.29 is 19.1 Å². The topological polar surface area (TPSA) is 79.9 Å². The summed E-state index contributed by atoms with van der Waals surface area (Å²) in [6.07, 6.45) is 0.0774. The Morgan fingerprint density at radius 3 is 2.39 bits per heavy atom. The maximum Gasteiger partial charge on any atom is 0.315 e. The highest BCUT2D eigenvalue weighted by Gasteiger charge is 2.26. The van der Waals surface area contributed by atoms with Crippen molar-refractivity contribution in [2.24, 2.45) is 0 Å². The zero-order valence-electron chi connectivity index (χ0n) is 18.4. The van der Waals surface area contributed by atoms with E-state index in [2.05, 4.69) is 10.6 Å². The number of hydrogen-bond acceptors (Lipinski definition) is 4. The first-order valence-electron chi connectivity index (χ1n) is 10.7. The van der Waals surface area contributed by atoms with Crippen molar-refractivity contribution >= 4 is 11.9 Å². The Hall–Kier alpha value is -3.06. The van der Waals surface area contributed by atoms with Gasteiger partial charge in [-0.3, -0.25) is 4.79 Å². The van der Waals surface area contributed by atoms with Crippen molar-refractivity contribution in [1.82, 2.24) is 15.5 Å². The summed E-state index contributed by atoms with van der Waals surface area (Å²) in [7, 11) is 0. The molecule has 1 heterocycles. The first kappa shape index (κ1) is 22.6. The molecule has 1 aliphatic rings. The molecule has 7 nitrogen and oxygen atoms in total. The number of carbonyl (C=O) groups is 2. The first-order valence-corrected chi connectivity index (χ1v) is 10.7. The average Bonchev–Trinajstić information content (AvgIpc) is 2.75. The van der Waals surface area contributed by atoms with E-state index in [4.69, 9.17) is 9.47 Å². The maximum atomic E-state index is 12.7. The normalized spacial score (nSPS) is 18.4. The Labute approximate surface area is 183 Å². The number of rotatable bonds is 7. The number of ether oxygens (including phenoxy) is 2. The van der Waals surface area contributed by atoms with E-state index >= 15 is 0 Å². The van der Waals surface area contributed by atoms with Gasteiger partial charge in [0.2, 0.25) is 0 Å². The van der Waals surface area contributed by atoms with Gasteiger partial charge in [-0.25, -0.2) is 4.79 Å². The maximum absolute atomic E-state index is 12.7. The molecule has 0 radical (unpaired) electrons. The summed E-state index contributed by atoms with van der Waals surface area (Å²) in [5, 5.41) is 5.59. The fourth-order valence-corrected chi connectivity index (χ4v) is 3.58. The van der Waals surface area contributed by atoms with Gasteiger partial charge in [0.15, 0.2) is 0 Å². The lowest BCUT2D eigenvalue weighted by molar-refractivity contribution is -0.0586. The second-order valence-corrected chi connectivity index (χ2v) is 7.89. The molecule has 0 saturated carbocycles. The van der Waals surface area contributed by atoms with E-state index in [0.29, 0.717) is 38.3 Å².